The number of nitro groups is 1. The molecule has 1 rings (SSSR count). The van der Waals surface area contributed by atoms with Crippen LogP contribution in [0.15, 0.2) is 0 Å². The smallest absolute Gasteiger partial charge is 0.379 e. The molecular formula is C6H11NO8. The summed E-state index contributed by atoms with van der Waals surface area (Å²) in [5, 5.41) is 65.3. The van der Waals surface area contributed by atoms with Gasteiger partial charge in [-0.15, -0.1) is 0 Å². The van der Waals surface area contributed by atoms with Crippen LogP contribution in [-0.4, -0.2) is 71.8 Å². The summed E-state index contributed by atoms with van der Waals surface area (Å²) >= 11 is 0. The molecule has 0 bridgehead atoms. The lowest BCUT2D eigenvalue weighted by atomic mass is 9.80. The van der Waals surface area contributed by atoms with Crippen molar-refractivity contribution in [3.63, 3.8) is 0 Å². The first kappa shape index (κ1) is 12.2. The highest BCUT2D eigenvalue weighted by atomic mass is 16.7. The Labute approximate surface area is 83.0 Å². The molecule has 9 nitrogen and oxygen atoms in total. The molecule has 9 heteroatoms. The minimum absolute atomic E-state index is 1.43. The van der Waals surface area contributed by atoms with Crippen molar-refractivity contribution in [3.05, 3.63) is 10.1 Å². The van der Waals surface area contributed by atoms with E-state index < -0.39 is 41.2 Å². The zero-order valence-electron chi connectivity index (χ0n) is 7.33. The van der Waals surface area contributed by atoms with Crippen LogP contribution in [0.3, 0.4) is 0 Å². The highest BCUT2D eigenvalue weighted by molar-refractivity contribution is 5.03. The van der Waals surface area contributed by atoms with Crippen LogP contribution >= 0.6 is 0 Å². The summed E-state index contributed by atoms with van der Waals surface area (Å²) in [5.41, 5.74) is -3.31. The zero-order chi connectivity index (χ0) is 12.0. The Morgan fingerprint density at radius 2 is 1.27 bits per heavy atom. The average molecular weight is 225 g/mol. The minimum Gasteiger partial charge on any atom is -0.387 e. The van der Waals surface area contributed by atoms with E-state index in [1.807, 2.05) is 0 Å². The van der Waals surface area contributed by atoms with Crippen LogP contribution in [0.4, 0.5) is 0 Å². The van der Waals surface area contributed by atoms with Crippen molar-refractivity contribution in [2.24, 2.45) is 0 Å². The van der Waals surface area contributed by atoms with Crippen LogP contribution in [0.2, 0.25) is 0 Å². The van der Waals surface area contributed by atoms with Gasteiger partial charge in [0.1, 0.15) is 18.3 Å². The van der Waals surface area contributed by atoms with E-state index >= 15 is 0 Å². The topological polar surface area (TPSA) is 165 Å². The van der Waals surface area contributed by atoms with E-state index in [1.54, 1.807) is 0 Å². The third kappa shape index (κ3) is 1.49. The lowest BCUT2D eigenvalue weighted by Gasteiger charge is -2.41. The Balaban J connectivity index is 3.12. The maximum absolute atomic E-state index is 10.4. The molecular weight excluding hydrogens is 214 g/mol. The Morgan fingerprint density at radius 3 is 1.53 bits per heavy atom. The Morgan fingerprint density at radius 1 is 0.933 bits per heavy atom. The molecule has 0 amide bonds. The molecule has 0 spiro atoms. The highest BCUT2D eigenvalue weighted by Crippen LogP contribution is 2.30. The maximum atomic E-state index is 10.4. The second-order valence-corrected chi connectivity index (χ2v) is 3.40. The molecule has 1 aliphatic rings. The molecule has 0 aliphatic heterocycles. The second kappa shape index (κ2) is 3.63. The first-order chi connectivity index (χ1) is 6.74. The van der Waals surface area contributed by atoms with Gasteiger partial charge in [-0.1, -0.05) is 0 Å². The van der Waals surface area contributed by atoms with Crippen molar-refractivity contribution in [1.82, 2.24) is 0 Å². The average Bonchev–Trinajstić information content (AvgIpc) is 2.20. The molecule has 1 saturated carbocycles. The van der Waals surface area contributed by atoms with Gasteiger partial charge in [0, 0.05) is 0 Å². The summed E-state index contributed by atoms with van der Waals surface area (Å²) in [5.74, 6) is 0. The van der Waals surface area contributed by atoms with Gasteiger partial charge in [-0.3, -0.25) is 10.1 Å². The second-order valence-electron chi connectivity index (χ2n) is 3.40. The van der Waals surface area contributed by atoms with E-state index in [-0.39, 0.29) is 0 Å². The molecule has 1 aliphatic carbocycles. The summed E-state index contributed by atoms with van der Waals surface area (Å²) in [6.07, 6.45) is -11.0. The first-order valence-electron chi connectivity index (χ1n) is 4.01. The van der Waals surface area contributed by atoms with Gasteiger partial charge in [-0.25, -0.2) is 0 Å². The van der Waals surface area contributed by atoms with Crippen LogP contribution in [-0.2, 0) is 0 Å². The van der Waals surface area contributed by atoms with Crippen molar-refractivity contribution < 1.29 is 35.6 Å². The van der Waals surface area contributed by atoms with Crippen molar-refractivity contribution in [3.8, 4) is 0 Å². The van der Waals surface area contributed by atoms with Crippen LogP contribution in [0.25, 0.3) is 0 Å². The van der Waals surface area contributed by atoms with Gasteiger partial charge in [-0.2, -0.15) is 0 Å². The molecule has 1 fully saturated rings. The number of rotatable bonds is 1. The van der Waals surface area contributed by atoms with Gasteiger partial charge in [-0.05, 0) is 0 Å². The molecule has 88 valence electrons. The van der Waals surface area contributed by atoms with Crippen molar-refractivity contribution in [2.75, 3.05) is 0 Å². The fraction of sp³-hybridized carbons (Fsp3) is 1.00. The molecule has 2 unspecified atom stereocenters. The molecule has 15 heavy (non-hydrogen) atoms. The molecule has 0 aromatic heterocycles. The molecule has 0 radical (unpaired) electrons. The fourth-order valence-electron chi connectivity index (χ4n) is 1.47. The van der Waals surface area contributed by atoms with Crippen LogP contribution < -0.4 is 0 Å². The van der Waals surface area contributed by atoms with Gasteiger partial charge >= 0.3 is 5.72 Å². The predicted molar refractivity (Wildman–Crippen MR) is 42.0 cm³/mol. The molecule has 6 N–H and O–H groups in total. The Kier molecular flexibility index (Phi) is 2.96. The van der Waals surface area contributed by atoms with Crippen LogP contribution in [0, 0.1) is 10.1 Å². The number of nitrogens with zero attached hydrogens (tertiary/aromatic N) is 1. The number of aliphatic hydroxyl groups excluding tert-OH is 5. The molecule has 0 aromatic rings. The van der Waals surface area contributed by atoms with Crippen molar-refractivity contribution in [1.29, 1.82) is 0 Å². The Hall–Kier alpha value is -0.840. The number of aliphatic hydroxyl groups is 6. The molecule has 0 aromatic carbocycles. The highest BCUT2D eigenvalue weighted by Gasteiger charge is 2.66. The molecule has 0 heterocycles. The van der Waals surface area contributed by atoms with E-state index in [0.717, 1.165) is 0 Å². The largest absolute Gasteiger partial charge is 0.387 e. The Bertz CT molecular complexity index is 254. The predicted octanol–water partition coefficient (Wildman–Crippen LogP) is -4.23. The standard InChI is InChI=1S/C6H11NO8/c8-1-2(9)4(11)6(13,7(14)15)5(12)3(1)10/h1-5,8-13H/t1?,2-,3+,4-,5-,6?/m1/s1. The number of hydrogen-bond acceptors (Lipinski definition) is 8. The summed E-state index contributed by atoms with van der Waals surface area (Å²) in [4.78, 5) is 9.00. The minimum atomic E-state index is -3.31. The summed E-state index contributed by atoms with van der Waals surface area (Å²) in [7, 11) is 0. The van der Waals surface area contributed by atoms with Crippen molar-refractivity contribution >= 4 is 0 Å². The van der Waals surface area contributed by atoms with E-state index in [9.17, 15) is 15.2 Å². The molecule has 0 saturated heterocycles. The zero-order valence-corrected chi connectivity index (χ0v) is 7.33. The third-order valence-electron chi connectivity index (χ3n) is 2.51. The summed E-state index contributed by atoms with van der Waals surface area (Å²) < 4.78 is 0. The van der Waals surface area contributed by atoms with E-state index in [0.29, 0.717) is 0 Å². The maximum Gasteiger partial charge on any atom is 0.379 e. The van der Waals surface area contributed by atoms with Gasteiger partial charge in [0.25, 0.3) is 0 Å². The number of hydrogen-bond donors (Lipinski definition) is 6. The quantitative estimate of drug-likeness (QED) is 0.148. The fourth-order valence-corrected chi connectivity index (χ4v) is 1.47. The van der Waals surface area contributed by atoms with E-state index in [1.165, 1.54) is 0 Å². The van der Waals surface area contributed by atoms with Gasteiger partial charge in [0.2, 0.25) is 0 Å². The normalized spacial score (nSPS) is 51.5. The van der Waals surface area contributed by atoms with E-state index in [4.69, 9.17) is 25.5 Å². The summed E-state index contributed by atoms with van der Waals surface area (Å²) in [6.45, 7) is 0. The lowest BCUT2D eigenvalue weighted by molar-refractivity contribution is -0.661. The van der Waals surface area contributed by atoms with E-state index in [2.05, 4.69) is 0 Å². The van der Waals surface area contributed by atoms with Gasteiger partial charge in [0.15, 0.2) is 12.2 Å². The third-order valence-corrected chi connectivity index (χ3v) is 2.51. The van der Waals surface area contributed by atoms with Crippen LogP contribution in [0.5, 0.6) is 0 Å². The van der Waals surface area contributed by atoms with Gasteiger partial charge in [0.05, 0.1) is 4.92 Å². The van der Waals surface area contributed by atoms with Crippen LogP contribution in [0.1, 0.15) is 0 Å². The molecule has 6 atom stereocenters. The lowest BCUT2D eigenvalue weighted by Crippen LogP contribution is -2.73. The van der Waals surface area contributed by atoms with Crippen molar-refractivity contribution in [2.45, 2.75) is 36.2 Å². The SMILES string of the molecule is O=[N+]([O-])C1(O)[C@H](O)[C@H](O)C(O)[C@H](O)[C@H]1O. The first-order valence-corrected chi connectivity index (χ1v) is 4.01. The van der Waals surface area contributed by atoms with Gasteiger partial charge < -0.3 is 30.6 Å². The monoisotopic (exact) mass is 225 g/mol. The summed E-state index contributed by atoms with van der Waals surface area (Å²) in [6, 6.07) is 0.